The van der Waals surface area contributed by atoms with Crippen molar-refractivity contribution in [3.63, 3.8) is 0 Å². The molecule has 0 saturated heterocycles. The van der Waals surface area contributed by atoms with Crippen molar-refractivity contribution in [1.82, 2.24) is 16.0 Å². The number of benzene rings is 1. The number of hydrogen-bond donors (Lipinski definition) is 3. The molecule has 2 aliphatic rings. The molecule has 0 heterocycles. The molecule has 0 aromatic heterocycles. The lowest BCUT2D eigenvalue weighted by molar-refractivity contribution is -0.122. The maximum absolute atomic E-state index is 11.7. The summed E-state index contributed by atoms with van der Waals surface area (Å²) >= 11 is 0. The van der Waals surface area contributed by atoms with E-state index in [0.717, 1.165) is 49.7 Å². The second-order valence-corrected chi connectivity index (χ2v) is 8.33. The maximum Gasteiger partial charge on any atom is 0.223 e. The average molecular weight is 417 g/mol. The Morgan fingerprint density at radius 3 is 2.37 bits per heavy atom. The second-order valence-electron chi connectivity index (χ2n) is 8.33. The summed E-state index contributed by atoms with van der Waals surface area (Å²) in [4.78, 5) is 16.1. The normalized spacial score (nSPS) is 18.4. The molecular formula is C23H36N4O3. The number of hydrogen-bond acceptors (Lipinski definition) is 4. The molecule has 0 aliphatic heterocycles. The fourth-order valence-corrected chi connectivity index (χ4v) is 4.29. The largest absolute Gasteiger partial charge is 0.493 e. The third kappa shape index (κ3) is 5.58. The van der Waals surface area contributed by atoms with E-state index in [-0.39, 0.29) is 17.2 Å². The Morgan fingerprint density at radius 2 is 1.73 bits per heavy atom. The highest BCUT2D eigenvalue weighted by atomic mass is 16.5. The third-order valence-electron chi connectivity index (χ3n) is 6.29. The highest BCUT2D eigenvalue weighted by Gasteiger charge is 2.35. The number of carbonyl (C=O) groups is 1. The molecule has 1 aromatic rings. The molecule has 0 bridgehead atoms. The topological polar surface area (TPSA) is 84.0 Å². The SMILES string of the molecule is CN=C(NCCNC(=O)C1CC1)NCC1(c2ccc(OC)c(OC)c2)CCCCC1. The highest BCUT2D eigenvalue weighted by molar-refractivity contribution is 5.81. The number of guanidine groups is 1. The van der Waals surface area contributed by atoms with Gasteiger partial charge in [0.25, 0.3) is 0 Å². The molecule has 2 aliphatic carbocycles. The van der Waals surface area contributed by atoms with Gasteiger partial charge in [-0.1, -0.05) is 25.3 Å². The molecule has 1 amide bonds. The van der Waals surface area contributed by atoms with Gasteiger partial charge in [-0.2, -0.15) is 0 Å². The van der Waals surface area contributed by atoms with Gasteiger partial charge >= 0.3 is 0 Å². The van der Waals surface area contributed by atoms with E-state index in [0.29, 0.717) is 13.1 Å². The smallest absolute Gasteiger partial charge is 0.223 e. The van der Waals surface area contributed by atoms with Crippen molar-refractivity contribution in [2.45, 2.75) is 50.4 Å². The van der Waals surface area contributed by atoms with Gasteiger partial charge in [-0.05, 0) is 43.4 Å². The molecule has 166 valence electrons. The molecule has 2 fully saturated rings. The first-order valence-corrected chi connectivity index (χ1v) is 11.1. The van der Waals surface area contributed by atoms with Crippen LogP contribution in [0.1, 0.15) is 50.5 Å². The van der Waals surface area contributed by atoms with Crippen LogP contribution >= 0.6 is 0 Å². The lowest BCUT2D eigenvalue weighted by atomic mass is 9.69. The number of aliphatic imine (C=N–C) groups is 1. The van der Waals surface area contributed by atoms with Crippen molar-refractivity contribution in [1.29, 1.82) is 0 Å². The molecule has 7 nitrogen and oxygen atoms in total. The van der Waals surface area contributed by atoms with Crippen molar-refractivity contribution in [3.05, 3.63) is 23.8 Å². The monoisotopic (exact) mass is 416 g/mol. The summed E-state index contributed by atoms with van der Waals surface area (Å²) in [6.45, 7) is 2.06. The van der Waals surface area contributed by atoms with E-state index in [1.54, 1.807) is 21.3 Å². The van der Waals surface area contributed by atoms with Gasteiger partial charge in [0.2, 0.25) is 5.91 Å². The summed E-state index contributed by atoms with van der Waals surface area (Å²) in [5, 5.41) is 9.81. The summed E-state index contributed by atoms with van der Waals surface area (Å²) in [6, 6.07) is 6.29. The van der Waals surface area contributed by atoms with Gasteiger partial charge in [-0.15, -0.1) is 0 Å². The van der Waals surface area contributed by atoms with Crippen molar-refractivity contribution in [2.75, 3.05) is 40.9 Å². The standard InChI is InChI=1S/C23H36N4O3/c1-24-22(26-14-13-25-21(28)17-7-8-17)27-16-23(11-5-4-6-12-23)18-9-10-19(29-2)20(15-18)30-3/h9-10,15,17H,4-8,11-14,16H2,1-3H3,(H,25,28)(H2,24,26,27). The molecule has 2 saturated carbocycles. The van der Waals surface area contributed by atoms with Crippen molar-refractivity contribution in [2.24, 2.45) is 10.9 Å². The number of ether oxygens (including phenoxy) is 2. The average Bonchev–Trinajstić information content (AvgIpc) is 3.64. The molecule has 1 aromatic carbocycles. The lowest BCUT2D eigenvalue weighted by Gasteiger charge is -2.38. The first-order chi connectivity index (χ1) is 14.6. The van der Waals surface area contributed by atoms with E-state index in [1.165, 1.54) is 24.8 Å². The fraction of sp³-hybridized carbons (Fsp3) is 0.652. The van der Waals surface area contributed by atoms with Crippen LogP contribution in [0.2, 0.25) is 0 Å². The number of rotatable bonds is 9. The molecule has 0 unspecified atom stereocenters. The van der Waals surface area contributed by atoms with E-state index in [9.17, 15) is 4.79 Å². The summed E-state index contributed by atoms with van der Waals surface area (Å²) in [5.41, 5.74) is 1.31. The van der Waals surface area contributed by atoms with Crippen LogP contribution in [0.4, 0.5) is 0 Å². The first-order valence-electron chi connectivity index (χ1n) is 11.1. The van der Waals surface area contributed by atoms with Gasteiger partial charge in [-0.25, -0.2) is 0 Å². The van der Waals surface area contributed by atoms with Gasteiger partial charge in [0, 0.05) is 38.0 Å². The Kier molecular flexibility index (Phi) is 7.82. The summed E-state index contributed by atoms with van der Waals surface area (Å²) in [7, 11) is 5.13. The van der Waals surface area contributed by atoms with Crippen LogP contribution < -0.4 is 25.4 Å². The zero-order chi connectivity index (χ0) is 21.4. The van der Waals surface area contributed by atoms with Gasteiger partial charge in [-0.3, -0.25) is 9.79 Å². The molecular weight excluding hydrogens is 380 g/mol. The van der Waals surface area contributed by atoms with E-state index in [1.807, 2.05) is 6.07 Å². The van der Waals surface area contributed by atoms with Gasteiger partial charge < -0.3 is 25.4 Å². The molecule has 7 heteroatoms. The number of amides is 1. The number of methoxy groups -OCH3 is 2. The Bertz CT molecular complexity index is 740. The van der Waals surface area contributed by atoms with Crippen molar-refractivity contribution >= 4 is 11.9 Å². The van der Waals surface area contributed by atoms with Crippen LogP contribution in [-0.2, 0) is 10.2 Å². The minimum atomic E-state index is 0.0373. The van der Waals surface area contributed by atoms with E-state index >= 15 is 0 Å². The Morgan fingerprint density at radius 1 is 1.03 bits per heavy atom. The Labute approximate surface area is 180 Å². The lowest BCUT2D eigenvalue weighted by Crippen LogP contribution is -2.48. The maximum atomic E-state index is 11.7. The molecule has 3 N–H and O–H groups in total. The highest BCUT2D eigenvalue weighted by Crippen LogP contribution is 2.42. The predicted molar refractivity (Wildman–Crippen MR) is 119 cm³/mol. The number of nitrogens with zero attached hydrogens (tertiary/aromatic N) is 1. The predicted octanol–water partition coefficient (Wildman–Crippen LogP) is 2.60. The van der Waals surface area contributed by atoms with E-state index in [4.69, 9.17) is 9.47 Å². The molecule has 30 heavy (non-hydrogen) atoms. The quantitative estimate of drug-likeness (QED) is 0.327. The van der Waals surface area contributed by atoms with Gasteiger partial charge in [0.15, 0.2) is 17.5 Å². The number of nitrogens with one attached hydrogen (secondary N) is 3. The second kappa shape index (κ2) is 10.5. The fourth-order valence-electron chi connectivity index (χ4n) is 4.29. The molecule has 3 rings (SSSR count). The first kappa shape index (κ1) is 22.2. The van der Waals surface area contributed by atoms with Gasteiger partial charge in [0.1, 0.15) is 0 Å². The van der Waals surface area contributed by atoms with Crippen LogP contribution in [-0.4, -0.2) is 52.8 Å². The van der Waals surface area contributed by atoms with Crippen LogP contribution in [0.25, 0.3) is 0 Å². The van der Waals surface area contributed by atoms with Crippen molar-refractivity contribution in [3.8, 4) is 11.5 Å². The Hall–Kier alpha value is -2.44. The van der Waals surface area contributed by atoms with Crippen LogP contribution in [0.5, 0.6) is 11.5 Å². The summed E-state index contributed by atoms with van der Waals surface area (Å²) < 4.78 is 11.0. The summed E-state index contributed by atoms with van der Waals surface area (Å²) in [6.07, 6.45) is 8.03. The minimum absolute atomic E-state index is 0.0373. The van der Waals surface area contributed by atoms with E-state index in [2.05, 4.69) is 33.1 Å². The third-order valence-corrected chi connectivity index (χ3v) is 6.29. The zero-order valence-corrected chi connectivity index (χ0v) is 18.6. The minimum Gasteiger partial charge on any atom is -0.493 e. The van der Waals surface area contributed by atoms with Crippen molar-refractivity contribution < 1.29 is 14.3 Å². The van der Waals surface area contributed by atoms with Crippen LogP contribution in [0, 0.1) is 5.92 Å². The van der Waals surface area contributed by atoms with Crippen LogP contribution in [0.15, 0.2) is 23.2 Å². The molecule has 0 spiro atoms. The van der Waals surface area contributed by atoms with Gasteiger partial charge in [0.05, 0.1) is 14.2 Å². The van der Waals surface area contributed by atoms with E-state index < -0.39 is 0 Å². The number of carbonyl (C=O) groups excluding carboxylic acids is 1. The Balaban J connectivity index is 1.60. The van der Waals surface area contributed by atoms with Crippen LogP contribution in [0.3, 0.4) is 0 Å². The zero-order valence-electron chi connectivity index (χ0n) is 18.6. The molecule has 0 radical (unpaired) electrons. The summed E-state index contributed by atoms with van der Waals surface area (Å²) in [5.74, 6) is 2.71. The molecule has 0 atom stereocenters.